The van der Waals surface area contributed by atoms with E-state index in [4.69, 9.17) is 21.7 Å². The van der Waals surface area contributed by atoms with E-state index in [1.165, 1.54) is 5.56 Å². The zero-order valence-corrected chi connectivity index (χ0v) is 19.3. The van der Waals surface area contributed by atoms with Crippen molar-refractivity contribution in [3.8, 4) is 34.3 Å². The Kier molecular flexibility index (Phi) is 6.70. The number of hydrogen-bond acceptors (Lipinski definition) is 5. The van der Waals surface area contributed by atoms with E-state index in [0.717, 1.165) is 46.3 Å². The van der Waals surface area contributed by atoms with Gasteiger partial charge in [0, 0.05) is 12.1 Å². The summed E-state index contributed by atoms with van der Waals surface area (Å²) in [7, 11) is 0. The third-order valence-electron chi connectivity index (χ3n) is 5.16. The molecule has 0 atom stereocenters. The second-order valence-corrected chi connectivity index (χ2v) is 7.82. The number of nitrogens with one attached hydrogen (secondary N) is 2. The van der Waals surface area contributed by atoms with Crippen molar-refractivity contribution >= 4 is 12.2 Å². The Balaban J connectivity index is 1.55. The Morgan fingerprint density at radius 3 is 2.41 bits per heavy atom. The number of nitrogens with zero attached hydrogens (tertiary/aromatic N) is 3. The first-order chi connectivity index (χ1) is 15.6. The highest BCUT2D eigenvalue weighted by atomic mass is 32.1. The number of aromatic amines is 2. The summed E-state index contributed by atoms with van der Waals surface area (Å²) < 4.78 is 14.0. The standard InChI is InChI=1S/C24H27N5O2S/c1-4-30-21-11-8-17(14-22(21)31-5-2)12-13-29-23(27-28-24(29)32)20-15-19(25-26-20)18-9-6-16(3)7-10-18/h6-11,14-15H,4-5,12-13H2,1-3H3,(H,25,26)(H,28,32). The van der Waals surface area contributed by atoms with Gasteiger partial charge in [0.25, 0.3) is 0 Å². The van der Waals surface area contributed by atoms with Crippen molar-refractivity contribution < 1.29 is 9.47 Å². The third-order valence-corrected chi connectivity index (χ3v) is 5.47. The number of benzene rings is 2. The van der Waals surface area contributed by atoms with Gasteiger partial charge in [0.2, 0.25) is 0 Å². The Labute approximate surface area is 192 Å². The van der Waals surface area contributed by atoms with Gasteiger partial charge >= 0.3 is 0 Å². The van der Waals surface area contributed by atoms with E-state index in [9.17, 15) is 0 Å². The molecule has 0 saturated heterocycles. The summed E-state index contributed by atoms with van der Waals surface area (Å²) in [5, 5.41) is 14.9. The molecular formula is C24H27N5O2S. The van der Waals surface area contributed by atoms with Crippen LogP contribution in [0.4, 0.5) is 0 Å². The van der Waals surface area contributed by atoms with Crippen LogP contribution in [0.15, 0.2) is 48.5 Å². The van der Waals surface area contributed by atoms with Crippen LogP contribution in [0.25, 0.3) is 22.8 Å². The molecule has 0 unspecified atom stereocenters. The van der Waals surface area contributed by atoms with Crippen molar-refractivity contribution in [1.82, 2.24) is 25.0 Å². The van der Waals surface area contributed by atoms with Crippen molar-refractivity contribution in [2.75, 3.05) is 13.2 Å². The molecule has 0 aliphatic carbocycles. The van der Waals surface area contributed by atoms with Crippen LogP contribution in [0.1, 0.15) is 25.0 Å². The van der Waals surface area contributed by atoms with E-state index in [-0.39, 0.29) is 0 Å². The summed E-state index contributed by atoms with van der Waals surface area (Å²) in [6.45, 7) is 7.86. The van der Waals surface area contributed by atoms with E-state index in [2.05, 4.69) is 57.7 Å². The topological polar surface area (TPSA) is 80.8 Å². The normalized spacial score (nSPS) is 11.0. The predicted molar refractivity (Wildman–Crippen MR) is 128 cm³/mol. The molecule has 4 aromatic rings. The molecule has 0 aliphatic heterocycles. The van der Waals surface area contributed by atoms with Gasteiger partial charge in [-0.25, -0.2) is 0 Å². The third kappa shape index (κ3) is 4.75. The zero-order chi connectivity index (χ0) is 22.5. The van der Waals surface area contributed by atoms with E-state index in [1.807, 2.05) is 36.6 Å². The quantitative estimate of drug-likeness (QED) is 0.337. The lowest BCUT2D eigenvalue weighted by molar-refractivity contribution is 0.287. The van der Waals surface area contributed by atoms with Crippen molar-refractivity contribution in [3.05, 3.63) is 64.4 Å². The first kappa shape index (κ1) is 21.8. The number of aromatic nitrogens is 5. The van der Waals surface area contributed by atoms with Crippen LogP contribution in [0, 0.1) is 11.7 Å². The first-order valence-corrected chi connectivity index (χ1v) is 11.2. The van der Waals surface area contributed by atoms with Crippen LogP contribution < -0.4 is 9.47 Å². The van der Waals surface area contributed by atoms with Gasteiger partial charge in [0.1, 0.15) is 5.69 Å². The van der Waals surface area contributed by atoms with Crippen molar-refractivity contribution in [2.45, 2.75) is 33.7 Å². The number of H-pyrrole nitrogens is 2. The average Bonchev–Trinajstić information content (AvgIpc) is 3.41. The molecule has 8 heteroatoms. The van der Waals surface area contributed by atoms with E-state index in [1.54, 1.807) is 0 Å². The average molecular weight is 450 g/mol. The molecule has 0 saturated carbocycles. The molecule has 0 bridgehead atoms. The number of aryl methyl sites for hydroxylation is 2. The highest BCUT2D eigenvalue weighted by Crippen LogP contribution is 2.29. The van der Waals surface area contributed by atoms with Crippen LogP contribution in [0.3, 0.4) is 0 Å². The Morgan fingerprint density at radius 1 is 0.906 bits per heavy atom. The fourth-order valence-corrected chi connectivity index (χ4v) is 3.75. The lowest BCUT2D eigenvalue weighted by Gasteiger charge is -2.13. The van der Waals surface area contributed by atoms with Crippen LogP contribution >= 0.6 is 12.2 Å². The smallest absolute Gasteiger partial charge is 0.195 e. The molecule has 0 amide bonds. The molecule has 2 aromatic carbocycles. The lowest BCUT2D eigenvalue weighted by Crippen LogP contribution is -2.05. The number of hydrogen-bond donors (Lipinski definition) is 2. The fraction of sp³-hybridized carbons (Fsp3) is 0.292. The maximum Gasteiger partial charge on any atom is 0.195 e. The van der Waals surface area contributed by atoms with Crippen LogP contribution in [0.2, 0.25) is 0 Å². The van der Waals surface area contributed by atoms with E-state index < -0.39 is 0 Å². The molecule has 2 N–H and O–H groups in total. The molecule has 0 aliphatic rings. The van der Waals surface area contributed by atoms with Gasteiger partial charge in [0.15, 0.2) is 22.1 Å². The molecule has 2 aromatic heterocycles. The van der Waals surface area contributed by atoms with Gasteiger partial charge in [-0.05, 0) is 63.2 Å². The molecule has 2 heterocycles. The van der Waals surface area contributed by atoms with Gasteiger partial charge in [0.05, 0.1) is 18.9 Å². The Bertz CT molecular complexity index is 1240. The van der Waals surface area contributed by atoms with E-state index >= 15 is 0 Å². The largest absolute Gasteiger partial charge is 0.490 e. The maximum atomic E-state index is 5.75. The fourth-order valence-electron chi connectivity index (χ4n) is 3.53. The summed E-state index contributed by atoms with van der Waals surface area (Å²) in [4.78, 5) is 0. The van der Waals surface area contributed by atoms with Crippen molar-refractivity contribution in [2.24, 2.45) is 0 Å². The van der Waals surface area contributed by atoms with Gasteiger partial charge in [-0.3, -0.25) is 14.8 Å². The molecule has 7 nitrogen and oxygen atoms in total. The van der Waals surface area contributed by atoms with Gasteiger partial charge in [-0.1, -0.05) is 35.9 Å². The lowest BCUT2D eigenvalue weighted by atomic mass is 10.1. The molecule has 166 valence electrons. The van der Waals surface area contributed by atoms with Crippen LogP contribution in [0.5, 0.6) is 11.5 Å². The second kappa shape index (κ2) is 9.82. The first-order valence-electron chi connectivity index (χ1n) is 10.8. The summed E-state index contributed by atoms with van der Waals surface area (Å²) in [5.74, 6) is 2.26. The molecule has 4 rings (SSSR count). The zero-order valence-electron chi connectivity index (χ0n) is 18.5. The Morgan fingerprint density at radius 2 is 1.66 bits per heavy atom. The van der Waals surface area contributed by atoms with E-state index in [0.29, 0.717) is 24.5 Å². The van der Waals surface area contributed by atoms with Gasteiger partial charge in [-0.2, -0.15) is 10.2 Å². The summed E-state index contributed by atoms with van der Waals surface area (Å²) in [5.41, 5.74) is 5.09. The summed E-state index contributed by atoms with van der Waals surface area (Å²) in [6, 6.07) is 16.3. The summed E-state index contributed by atoms with van der Waals surface area (Å²) in [6.07, 6.45) is 0.770. The SMILES string of the molecule is CCOc1ccc(CCn2c(-c3cc(-c4ccc(C)cc4)n[nH]3)n[nH]c2=S)cc1OCC. The summed E-state index contributed by atoms with van der Waals surface area (Å²) >= 11 is 5.49. The maximum absolute atomic E-state index is 5.75. The van der Waals surface area contributed by atoms with Crippen molar-refractivity contribution in [1.29, 1.82) is 0 Å². The molecule has 0 fully saturated rings. The predicted octanol–water partition coefficient (Wildman–Crippen LogP) is 5.35. The highest BCUT2D eigenvalue weighted by molar-refractivity contribution is 7.71. The number of rotatable bonds is 9. The molecular weight excluding hydrogens is 422 g/mol. The molecule has 0 radical (unpaired) electrons. The molecule has 0 spiro atoms. The van der Waals surface area contributed by atoms with Crippen LogP contribution in [-0.4, -0.2) is 38.2 Å². The minimum atomic E-state index is 0.572. The minimum absolute atomic E-state index is 0.572. The van der Waals surface area contributed by atoms with Crippen LogP contribution in [-0.2, 0) is 13.0 Å². The second-order valence-electron chi connectivity index (χ2n) is 7.43. The van der Waals surface area contributed by atoms with Gasteiger partial charge in [-0.15, -0.1) is 0 Å². The highest BCUT2D eigenvalue weighted by Gasteiger charge is 2.14. The van der Waals surface area contributed by atoms with Gasteiger partial charge < -0.3 is 9.47 Å². The minimum Gasteiger partial charge on any atom is -0.490 e. The van der Waals surface area contributed by atoms with Crippen molar-refractivity contribution in [3.63, 3.8) is 0 Å². The Hall–Kier alpha value is -3.39. The number of ether oxygens (including phenoxy) is 2. The monoisotopic (exact) mass is 449 g/mol. The molecule has 32 heavy (non-hydrogen) atoms.